The smallest absolute Gasteiger partial charge is 0.303 e. The van der Waals surface area contributed by atoms with Crippen LogP contribution >= 0.6 is 24.8 Å². The molecule has 6 aromatic heterocycles. The lowest BCUT2D eigenvalue weighted by Crippen LogP contribution is -1.97. The Bertz CT molecular complexity index is 3990. The largest absolute Gasteiger partial charge is 0.481 e. The Morgan fingerprint density at radius 2 is 0.512 bits per heavy atom. The fourth-order valence-corrected chi connectivity index (χ4v) is 12.4. The lowest BCUT2D eigenvalue weighted by atomic mass is 9.98. The Morgan fingerprint density at radius 1 is 0.314 bits per heavy atom. The average Bonchev–Trinajstić information content (AvgIpc) is 1.78. The molecule has 16 bridgehead atoms. The maximum atomic E-state index is 11.5. The van der Waals surface area contributed by atoms with Gasteiger partial charge in [-0.3, -0.25) is 19.2 Å². The molecule has 0 spiro atoms. The van der Waals surface area contributed by atoms with Gasteiger partial charge in [-0.2, -0.15) is 0 Å². The number of allylic oxidation sites excluding steroid dienone is 8. The van der Waals surface area contributed by atoms with E-state index in [0.29, 0.717) is 48.5 Å². The second-order valence-electron chi connectivity index (χ2n) is 22.3. The summed E-state index contributed by atoms with van der Waals surface area (Å²) in [6, 6.07) is 16.4. The number of carbonyl (C=O) groups is 4. The number of nitrogens with zero attached hydrogens (tertiary/aromatic N) is 4. The highest BCUT2D eigenvalue weighted by atomic mass is 35.5. The molecule has 10 rings (SSSR count). The lowest BCUT2D eigenvalue weighted by molar-refractivity contribution is -0.137. The molecule has 6 aromatic rings. The molecule has 0 aromatic carbocycles. The maximum Gasteiger partial charge on any atom is 0.303 e. The molecule has 4 aliphatic rings. The minimum atomic E-state index is -0.869. The van der Waals surface area contributed by atoms with Gasteiger partial charge in [-0.15, -0.1) is 24.8 Å². The number of aliphatic carboxylic acids is 4. The molecule has 0 amide bonds. The molecule has 18 heteroatoms. The number of H-pyrrole nitrogens is 4. The molecule has 86 heavy (non-hydrogen) atoms. The van der Waals surface area contributed by atoms with Gasteiger partial charge in [0.05, 0.1) is 45.6 Å². The number of carboxylic acids is 4. The van der Waals surface area contributed by atoms with E-state index < -0.39 is 23.9 Å². The summed E-state index contributed by atoms with van der Waals surface area (Å²) >= 11 is 0. The Balaban J connectivity index is 0.000000240. The van der Waals surface area contributed by atoms with Crippen LogP contribution in [0.3, 0.4) is 0 Å². The summed E-state index contributed by atoms with van der Waals surface area (Å²) in [4.78, 5) is 80.7. The minimum Gasteiger partial charge on any atom is -0.481 e. The van der Waals surface area contributed by atoms with Crippen LogP contribution in [0.15, 0.2) is 48.5 Å². The topological polar surface area (TPSA) is 264 Å². The molecule has 0 saturated carbocycles. The van der Waals surface area contributed by atoms with Crippen LogP contribution in [0.5, 0.6) is 0 Å². The van der Waals surface area contributed by atoms with Gasteiger partial charge in [-0.1, -0.05) is 27.7 Å². The van der Waals surface area contributed by atoms with Crippen LogP contribution in [-0.4, -0.2) is 84.2 Å². The Hall–Kier alpha value is -8.34. The number of nitrogens with one attached hydrogen (secondary N) is 4. The Labute approximate surface area is 513 Å². The van der Waals surface area contributed by atoms with E-state index in [-0.39, 0.29) is 50.5 Å². The molecule has 0 fully saturated rings. The Morgan fingerprint density at radius 3 is 0.721 bits per heavy atom. The van der Waals surface area contributed by atoms with Crippen molar-refractivity contribution < 1.29 is 39.6 Å². The van der Waals surface area contributed by atoms with Crippen LogP contribution < -0.4 is 0 Å². The van der Waals surface area contributed by atoms with Gasteiger partial charge >= 0.3 is 23.9 Å². The predicted octanol–water partition coefficient (Wildman–Crippen LogP) is 16.1. The van der Waals surface area contributed by atoms with E-state index in [4.69, 9.17) is 19.9 Å². The first-order valence-electron chi connectivity index (χ1n) is 29.2. The zero-order valence-electron chi connectivity index (χ0n) is 51.1. The third-order valence-corrected chi connectivity index (χ3v) is 17.4. The fraction of sp³-hybridized carbons (Fsp3) is 0.353. The van der Waals surface area contributed by atoms with Crippen LogP contribution in [0.25, 0.3) is 88.7 Å². The molecule has 8 N–H and O–H groups in total. The van der Waals surface area contributed by atoms with Gasteiger partial charge in [0.1, 0.15) is 0 Å². The number of aromatic amines is 4. The average molecular weight is 1210 g/mol. The summed E-state index contributed by atoms with van der Waals surface area (Å²) in [5.74, 6) is -3.47. The third-order valence-electron chi connectivity index (χ3n) is 17.4. The molecule has 0 unspecified atom stereocenters. The highest BCUT2D eigenvalue weighted by Gasteiger charge is 2.26. The van der Waals surface area contributed by atoms with E-state index in [9.17, 15) is 39.6 Å². The van der Waals surface area contributed by atoms with E-state index in [0.717, 1.165) is 148 Å². The molecular formula is C68H78Cl2N8O8. The van der Waals surface area contributed by atoms with Crippen LogP contribution in [0, 0.1) is 27.7 Å². The van der Waals surface area contributed by atoms with Crippen LogP contribution in [-0.2, 0) is 44.9 Å². The second kappa shape index (κ2) is 26.9. The number of rotatable bonds is 16. The van der Waals surface area contributed by atoms with E-state index in [1.54, 1.807) is 0 Å². The summed E-state index contributed by atoms with van der Waals surface area (Å²) < 4.78 is 0. The number of aryl methyl sites for hydroxylation is 8. The molecular weight excluding hydrogens is 1130 g/mol. The van der Waals surface area contributed by atoms with Gasteiger partial charge in [0.25, 0.3) is 0 Å². The SMILES string of the molecule is CCc1c(C)c2cc3[nH]c(cc4nc(cc5nc(cc1[nH]2)C(C)=C5CCC(=O)O)C(CCC(=O)O)=C4C)c(C)c3CC.CCc1c(C)c2cc3[nH]c(cc4nc(cc5nc(cc1[nH]2)C(C)=C5CCC(=O)O)C(CCC(=O)O)=C4C)c(C)c3CC.Cl.Cl. The van der Waals surface area contributed by atoms with Crippen LogP contribution in [0.1, 0.15) is 197 Å². The van der Waals surface area contributed by atoms with Crippen molar-refractivity contribution in [3.05, 3.63) is 139 Å². The van der Waals surface area contributed by atoms with Gasteiger partial charge in [-0.05, 0) is 244 Å². The number of aromatic nitrogens is 8. The van der Waals surface area contributed by atoms with Crippen molar-refractivity contribution in [1.29, 1.82) is 0 Å². The highest BCUT2D eigenvalue weighted by molar-refractivity contribution is 5.99. The number of hydrogen-bond donors (Lipinski definition) is 8. The van der Waals surface area contributed by atoms with Gasteiger partial charge in [0, 0.05) is 69.8 Å². The zero-order valence-corrected chi connectivity index (χ0v) is 52.8. The summed E-state index contributed by atoms with van der Waals surface area (Å²) in [7, 11) is 0. The van der Waals surface area contributed by atoms with E-state index in [1.165, 1.54) is 33.4 Å². The van der Waals surface area contributed by atoms with Crippen molar-refractivity contribution in [2.45, 2.75) is 160 Å². The van der Waals surface area contributed by atoms with E-state index in [2.05, 4.69) is 99.6 Å². The lowest BCUT2D eigenvalue weighted by Gasteiger charge is -2.05. The normalized spacial score (nSPS) is 13.0. The summed E-state index contributed by atoms with van der Waals surface area (Å²) in [5, 5.41) is 37.9. The number of carboxylic acid groups (broad SMARTS) is 4. The summed E-state index contributed by atoms with van der Waals surface area (Å²) in [6.45, 7) is 25.1. The van der Waals surface area contributed by atoms with Crippen molar-refractivity contribution in [2.75, 3.05) is 0 Å². The predicted molar refractivity (Wildman–Crippen MR) is 350 cm³/mol. The molecule has 10 heterocycles. The summed E-state index contributed by atoms with van der Waals surface area (Å²) in [5.41, 5.74) is 30.8. The number of halogens is 2. The second-order valence-corrected chi connectivity index (χ2v) is 22.3. The third kappa shape index (κ3) is 13.1. The monoisotopic (exact) mass is 1200 g/mol. The van der Waals surface area contributed by atoms with Crippen molar-refractivity contribution in [3.8, 4) is 0 Å². The molecule has 0 atom stereocenters. The highest BCUT2D eigenvalue weighted by Crippen LogP contribution is 2.41. The van der Waals surface area contributed by atoms with Crippen molar-refractivity contribution in [3.63, 3.8) is 0 Å². The van der Waals surface area contributed by atoms with Crippen LogP contribution in [0.4, 0.5) is 0 Å². The van der Waals surface area contributed by atoms with Crippen LogP contribution in [0.2, 0.25) is 0 Å². The minimum absolute atomic E-state index is 0. The number of fused-ring (bicyclic) bond motifs is 16. The van der Waals surface area contributed by atoms with Crippen molar-refractivity contribution in [1.82, 2.24) is 39.9 Å². The van der Waals surface area contributed by atoms with Gasteiger partial charge in [0.15, 0.2) is 0 Å². The molecule has 16 nitrogen and oxygen atoms in total. The van der Waals surface area contributed by atoms with Gasteiger partial charge in [0.2, 0.25) is 0 Å². The first kappa shape index (κ1) is 65.2. The number of hydrogen-bond acceptors (Lipinski definition) is 8. The maximum absolute atomic E-state index is 11.5. The van der Waals surface area contributed by atoms with E-state index >= 15 is 0 Å². The first-order chi connectivity index (χ1) is 40.0. The molecule has 0 aliphatic carbocycles. The standard InChI is InChI=1S/2C34H38N4O4.2ClH/c2*1-7-21-17(3)25-13-26-19(5)23(9-11-33(39)40)31(37-26)16-32-24(10-12-34(41)42)20(6)28(38-32)15-30-22(8-2)18(4)27(36-30)14-29(21)35-25;;/h2*13-16,35-36H,7-12H2,1-6H3,(H,39,40)(H,41,42);2*1H. The first-order valence-corrected chi connectivity index (χ1v) is 29.2. The Kier molecular flexibility index (Phi) is 20.4. The van der Waals surface area contributed by atoms with Gasteiger partial charge < -0.3 is 40.4 Å². The molecule has 4 aliphatic heterocycles. The quantitative estimate of drug-likeness (QED) is 0.0450. The molecule has 0 radical (unpaired) electrons. The summed E-state index contributed by atoms with van der Waals surface area (Å²) in [6.07, 6.45) is 4.73. The van der Waals surface area contributed by atoms with E-state index in [1.807, 2.05) is 52.0 Å². The van der Waals surface area contributed by atoms with Gasteiger partial charge in [-0.25, -0.2) is 19.9 Å². The zero-order chi connectivity index (χ0) is 60.6. The molecule has 0 saturated heterocycles. The van der Waals surface area contributed by atoms with Crippen molar-refractivity contribution >= 4 is 137 Å². The fourth-order valence-electron chi connectivity index (χ4n) is 12.4. The van der Waals surface area contributed by atoms with Crippen molar-refractivity contribution in [2.24, 2.45) is 0 Å². The molecule has 452 valence electrons.